The van der Waals surface area contributed by atoms with Gasteiger partial charge in [-0.2, -0.15) is 0 Å². The molecule has 0 heterocycles. The van der Waals surface area contributed by atoms with Crippen molar-refractivity contribution in [3.8, 4) is 16.9 Å². The summed E-state index contributed by atoms with van der Waals surface area (Å²) in [6.07, 6.45) is 2.55. The monoisotopic (exact) mass is 369 g/mol. The number of ether oxygens (including phenoxy) is 1. The number of nitrogens with one attached hydrogen (secondary N) is 1. The third-order valence-corrected chi connectivity index (χ3v) is 5.48. The first-order valence-corrected chi connectivity index (χ1v) is 9.60. The SMILES string of the molecule is Cc1cc(OCCC(C)(O)CNN)cc(C)c1-c1cccc2c1CC[C@H]2N. The van der Waals surface area contributed by atoms with E-state index in [1.54, 1.807) is 6.92 Å². The maximum Gasteiger partial charge on any atom is 0.119 e. The van der Waals surface area contributed by atoms with E-state index in [0.717, 1.165) is 18.6 Å². The summed E-state index contributed by atoms with van der Waals surface area (Å²) in [5.74, 6) is 6.13. The van der Waals surface area contributed by atoms with Gasteiger partial charge in [0.05, 0.1) is 12.2 Å². The summed E-state index contributed by atoms with van der Waals surface area (Å²) in [6, 6.07) is 10.8. The maximum absolute atomic E-state index is 10.2. The standard InChI is InChI=1S/C22H31N3O2/c1-14-11-16(27-10-9-22(3,26)13-25-24)12-15(2)21(14)19-6-4-5-18-17(19)7-8-20(18)23/h4-6,11-12,20,25-26H,7-10,13,23-24H2,1-3H3/t20-,22?/m1/s1. The molecule has 0 aliphatic heterocycles. The van der Waals surface area contributed by atoms with Gasteiger partial charge in [0.1, 0.15) is 5.75 Å². The zero-order valence-corrected chi connectivity index (χ0v) is 16.5. The first-order valence-electron chi connectivity index (χ1n) is 9.60. The van der Waals surface area contributed by atoms with E-state index in [9.17, 15) is 5.11 Å². The molecule has 0 spiro atoms. The minimum atomic E-state index is -0.887. The Balaban J connectivity index is 1.81. The quantitative estimate of drug-likeness (QED) is 0.445. The number of nitrogens with two attached hydrogens (primary N) is 2. The van der Waals surface area contributed by atoms with Crippen molar-refractivity contribution >= 4 is 0 Å². The second-order valence-electron chi connectivity index (χ2n) is 7.93. The fraction of sp³-hybridized carbons (Fsp3) is 0.455. The lowest BCUT2D eigenvalue weighted by Gasteiger charge is -2.23. The van der Waals surface area contributed by atoms with Crippen molar-refractivity contribution in [3.05, 3.63) is 52.6 Å². The molecule has 0 fully saturated rings. The Labute approximate surface area is 161 Å². The fourth-order valence-electron chi connectivity index (χ4n) is 4.05. The zero-order valence-electron chi connectivity index (χ0n) is 16.5. The highest BCUT2D eigenvalue weighted by Crippen LogP contribution is 2.40. The van der Waals surface area contributed by atoms with Gasteiger partial charge in [-0.05, 0) is 79.1 Å². The third-order valence-electron chi connectivity index (χ3n) is 5.48. The van der Waals surface area contributed by atoms with Crippen LogP contribution in [-0.4, -0.2) is 23.9 Å². The minimum Gasteiger partial charge on any atom is -0.493 e. The van der Waals surface area contributed by atoms with Crippen LogP contribution in [0.5, 0.6) is 5.75 Å². The summed E-state index contributed by atoms with van der Waals surface area (Å²) >= 11 is 0. The van der Waals surface area contributed by atoms with Crippen LogP contribution in [0.1, 0.15) is 48.1 Å². The van der Waals surface area contributed by atoms with Gasteiger partial charge in [-0.25, -0.2) is 0 Å². The molecule has 0 radical (unpaired) electrons. The summed E-state index contributed by atoms with van der Waals surface area (Å²) in [6.45, 7) is 6.75. The molecule has 1 unspecified atom stereocenters. The average molecular weight is 370 g/mol. The number of hydrazine groups is 1. The maximum atomic E-state index is 10.2. The Morgan fingerprint density at radius 3 is 2.63 bits per heavy atom. The van der Waals surface area contributed by atoms with Crippen molar-refractivity contribution in [2.45, 2.75) is 51.7 Å². The normalized spacial score (nSPS) is 18.2. The number of benzene rings is 2. The van der Waals surface area contributed by atoms with Crippen molar-refractivity contribution in [2.24, 2.45) is 11.6 Å². The van der Waals surface area contributed by atoms with Gasteiger partial charge < -0.3 is 15.6 Å². The van der Waals surface area contributed by atoms with Crippen LogP contribution < -0.4 is 21.7 Å². The number of hydrogen-bond acceptors (Lipinski definition) is 5. The highest BCUT2D eigenvalue weighted by molar-refractivity contribution is 5.76. The second-order valence-corrected chi connectivity index (χ2v) is 7.93. The van der Waals surface area contributed by atoms with Crippen LogP contribution in [-0.2, 0) is 6.42 Å². The van der Waals surface area contributed by atoms with Gasteiger partial charge in [0, 0.05) is 19.0 Å². The Hall–Kier alpha value is -1.92. The number of rotatable bonds is 7. The van der Waals surface area contributed by atoms with Gasteiger partial charge in [0.2, 0.25) is 0 Å². The van der Waals surface area contributed by atoms with Crippen molar-refractivity contribution in [1.82, 2.24) is 5.43 Å². The van der Waals surface area contributed by atoms with Crippen LogP contribution in [0.4, 0.5) is 0 Å². The zero-order chi connectivity index (χ0) is 19.6. The fourth-order valence-corrected chi connectivity index (χ4v) is 4.05. The number of aliphatic hydroxyl groups is 1. The van der Waals surface area contributed by atoms with Gasteiger partial charge in [0.25, 0.3) is 0 Å². The molecule has 5 heteroatoms. The summed E-state index contributed by atoms with van der Waals surface area (Å²) in [5, 5.41) is 10.2. The molecular weight excluding hydrogens is 338 g/mol. The molecule has 146 valence electrons. The molecule has 2 atom stereocenters. The van der Waals surface area contributed by atoms with Gasteiger partial charge in [-0.3, -0.25) is 11.3 Å². The first kappa shape index (κ1) is 19.8. The lowest BCUT2D eigenvalue weighted by atomic mass is 9.90. The molecule has 0 bridgehead atoms. The first-order chi connectivity index (χ1) is 12.8. The Morgan fingerprint density at radius 2 is 1.96 bits per heavy atom. The van der Waals surface area contributed by atoms with E-state index < -0.39 is 5.60 Å². The molecule has 2 aromatic carbocycles. The molecule has 5 nitrogen and oxygen atoms in total. The average Bonchev–Trinajstić information content (AvgIpc) is 2.96. The number of hydrogen-bond donors (Lipinski definition) is 4. The van der Waals surface area contributed by atoms with Gasteiger partial charge in [0.15, 0.2) is 0 Å². The Kier molecular flexibility index (Phi) is 5.86. The second kappa shape index (κ2) is 7.98. The van der Waals surface area contributed by atoms with Gasteiger partial charge in [-0.1, -0.05) is 18.2 Å². The van der Waals surface area contributed by atoms with Crippen LogP contribution in [0.15, 0.2) is 30.3 Å². The summed E-state index contributed by atoms with van der Waals surface area (Å²) in [5.41, 5.74) is 15.5. The molecule has 1 aliphatic rings. The molecule has 2 aromatic rings. The number of aryl methyl sites for hydroxylation is 2. The molecule has 0 saturated heterocycles. The summed E-state index contributed by atoms with van der Waals surface area (Å²) in [7, 11) is 0. The van der Waals surface area contributed by atoms with E-state index in [4.69, 9.17) is 16.3 Å². The third kappa shape index (κ3) is 4.33. The highest BCUT2D eigenvalue weighted by atomic mass is 16.5. The molecular formula is C22H31N3O2. The van der Waals surface area contributed by atoms with Crippen molar-refractivity contribution in [1.29, 1.82) is 0 Å². The largest absolute Gasteiger partial charge is 0.493 e. The number of fused-ring (bicyclic) bond motifs is 1. The lowest BCUT2D eigenvalue weighted by Crippen LogP contribution is -2.41. The van der Waals surface area contributed by atoms with Crippen molar-refractivity contribution < 1.29 is 9.84 Å². The van der Waals surface area contributed by atoms with E-state index >= 15 is 0 Å². The molecule has 27 heavy (non-hydrogen) atoms. The van der Waals surface area contributed by atoms with Gasteiger partial charge >= 0.3 is 0 Å². The van der Waals surface area contributed by atoms with Crippen LogP contribution in [0.2, 0.25) is 0 Å². The van der Waals surface area contributed by atoms with E-state index in [0.29, 0.717) is 19.6 Å². The van der Waals surface area contributed by atoms with E-state index in [2.05, 4.69) is 49.6 Å². The molecule has 6 N–H and O–H groups in total. The molecule has 1 aliphatic carbocycles. The van der Waals surface area contributed by atoms with Crippen LogP contribution in [0, 0.1) is 13.8 Å². The van der Waals surface area contributed by atoms with E-state index in [1.165, 1.54) is 33.4 Å². The van der Waals surface area contributed by atoms with Gasteiger partial charge in [-0.15, -0.1) is 0 Å². The predicted molar refractivity (Wildman–Crippen MR) is 110 cm³/mol. The predicted octanol–water partition coefficient (Wildman–Crippen LogP) is 2.90. The molecule has 0 aromatic heterocycles. The Morgan fingerprint density at radius 1 is 1.26 bits per heavy atom. The minimum absolute atomic E-state index is 0.152. The van der Waals surface area contributed by atoms with E-state index in [-0.39, 0.29) is 6.04 Å². The van der Waals surface area contributed by atoms with E-state index in [1.807, 2.05) is 0 Å². The molecule has 0 amide bonds. The van der Waals surface area contributed by atoms with Crippen molar-refractivity contribution in [2.75, 3.05) is 13.2 Å². The molecule has 3 rings (SSSR count). The Bertz CT molecular complexity index is 794. The summed E-state index contributed by atoms with van der Waals surface area (Å²) in [4.78, 5) is 0. The smallest absolute Gasteiger partial charge is 0.119 e. The van der Waals surface area contributed by atoms with Crippen LogP contribution in [0.3, 0.4) is 0 Å². The molecule has 0 saturated carbocycles. The van der Waals surface area contributed by atoms with Crippen LogP contribution in [0.25, 0.3) is 11.1 Å². The lowest BCUT2D eigenvalue weighted by molar-refractivity contribution is 0.0373. The topological polar surface area (TPSA) is 93.5 Å². The summed E-state index contributed by atoms with van der Waals surface area (Å²) < 4.78 is 5.90. The van der Waals surface area contributed by atoms with Crippen LogP contribution >= 0.6 is 0 Å². The van der Waals surface area contributed by atoms with Crippen molar-refractivity contribution in [3.63, 3.8) is 0 Å². The highest BCUT2D eigenvalue weighted by Gasteiger charge is 2.23.